The standard InChI is InChI=1S/C10H14O4/c1-7-6-9(12)3-2-8(11)4-5-10(13)14-7/h2-5,7-9,11-12H,6H2,1H3/b3-2+,5-4-/t7-,8+,9-/m1/s1. The molecular weight excluding hydrogens is 184 g/mol. The van der Waals surface area contributed by atoms with Gasteiger partial charge in [-0.05, 0) is 13.0 Å². The number of carbonyl (C=O) groups is 1. The monoisotopic (exact) mass is 198 g/mol. The lowest BCUT2D eigenvalue weighted by Gasteiger charge is -2.15. The summed E-state index contributed by atoms with van der Waals surface area (Å²) in [7, 11) is 0. The Kier molecular flexibility index (Phi) is 3.85. The molecule has 4 nitrogen and oxygen atoms in total. The van der Waals surface area contributed by atoms with E-state index in [-0.39, 0.29) is 6.10 Å². The smallest absolute Gasteiger partial charge is 0.330 e. The van der Waals surface area contributed by atoms with E-state index in [1.807, 2.05) is 0 Å². The molecule has 0 aromatic rings. The van der Waals surface area contributed by atoms with Crippen LogP contribution in [0.1, 0.15) is 13.3 Å². The van der Waals surface area contributed by atoms with Crippen molar-refractivity contribution in [2.45, 2.75) is 31.7 Å². The molecule has 0 aromatic carbocycles. The van der Waals surface area contributed by atoms with E-state index in [0.717, 1.165) is 0 Å². The highest BCUT2D eigenvalue weighted by atomic mass is 16.5. The molecule has 0 bridgehead atoms. The van der Waals surface area contributed by atoms with Crippen LogP contribution in [0.2, 0.25) is 0 Å². The molecule has 4 heteroatoms. The molecular formula is C10H14O4. The SMILES string of the molecule is C[C@@H]1C[C@H](O)/C=C/[C@H](O)/C=C\C(=O)O1. The average molecular weight is 198 g/mol. The fraction of sp³-hybridized carbons (Fsp3) is 0.500. The van der Waals surface area contributed by atoms with Gasteiger partial charge < -0.3 is 14.9 Å². The molecule has 0 radical (unpaired) electrons. The van der Waals surface area contributed by atoms with Gasteiger partial charge in [0.15, 0.2) is 0 Å². The van der Waals surface area contributed by atoms with Crippen molar-refractivity contribution >= 4 is 5.97 Å². The number of aliphatic hydroxyl groups is 2. The maximum atomic E-state index is 11.0. The Balaban J connectivity index is 2.72. The molecule has 1 aliphatic rings. The lowest BCUT2D eigenvalue weighted by atomic mass is 10.1. The van der Waals surface area contributed by atoms with Crippen LogP contribution < -0.4 is 0 Å². The van der Waals surface area contributed by atoms with Crippen molar-refractivity contribution in [1.29, 1.82) is 0 Å². The molecule has 0 aliphatic carbocycles. The molecule has 0 fully saturated rings. The number of rotatable bonds is 0. The van der Waals surface area contributed by atoms with E-state index in [0.29, 0.717) is 6.42 Å². The molecule has 0 spiro atoms. The first kappa shape index (κ1) is 10.9. The Labute approximate surface area is 82.5 Å². The Bertz CT molecular complexity index is 257. The van der Waals surface area contributed by atoms with Crippen LogP contribution in [0.15, 0.2) is 24.3 Å². The molecule has 3 atom stereocenters. The van der Waals surface area contributed by atoms with Crippen molar-refractivity contribution in [1.82, 2.24) is 0 Å². The summed E-state index contributed by atoms with van der Waals surface area (Å²) in [6.45, 7) is 1.71. The number of carbonyl (C=O) groups excluding carboxylic acids is 1. The number of hydrogen-bond acceptors (Lipinski definition) is 4. The van der Waals surface area contributed by atoms with Gasteiger partial charge in [0.25, 0.3) is 0 Å². The minimum absolute atomic E-state index is 0.331. The summed E-state index contributed by atoms with van der Waals surface area (Å²) in [4.78, 5) is 11.0. The summed E-state index contributed by atoms with van der Waals surface area (Å²) >= 11 is 0. The topological polar surface area (TPSA) is 66.8 Å². The number of hydrogen-bond donors (Lipinski definition) is 2. The molecule has 0 saturated heterocycles. The second-order valence-corrected chi connectivity index (χ2v) is 3.29. The van der Waals surface area contributed by atoms with Gasteiger partial charge in [-0.25, -0.2) is 4.79 Å². The lowest BCUT2D eigenvalue weighted by molar-refractivity contribution is -0.143. The second kappa shape index (κ2) is 4.93. The third kappa shape index (κ3) is 3.72. The molecule has 1 heterocycles. The summed E-state index contributed by atoms with van der Waals surface area (Å²) in [5.41, 5.74) is 0. The van der Waals surface area contributed by atoms with Gasteiger partial charge in [0, 0.05) is 12.5 Å². The summed E-state index contributed by atoms with van der Waals surface area (Å²) < 4.78 is 4.91. The molecule has 0 saturated carbocycles. The minimum atomic E-state index is -0.856. The van der Waals surface area contributed by atoms with Crippen LogP contribution in [0.4, 0.5) is 0 Å². The molecule has 0 amide bonds. The van der Waals surface area contributed by atoms with Gasteiger partial charge in [0.05, 0.1) is 12.2 Å². The maximum Gasteiger partial charge on any atom is 0.330 e. The predicted molar refractivity (Wildman–Crippen MR) is 50.5 cm³/mol. The zero-order valence-corrected chi connectivity index (χ0v) is 7.96. The van der Waals surface area contributed by atoms with Crippen LogP contribution in [0.25, 0.3) is 0 Å². The highest BCUT2D eigenvalue weighted by Crippen LogP contribution is 2.07. The van der Waals surface area contributed by atoms with Crippen molar-refractivity contribution in [3.8, 4) is 0 Å². The van der Waals surface area contributed by atoms with E-state index >= 15 is 0 Å². The van der Waals surface area contributed by atoms with Gasteiger partial charge in [-0.3, -0.25) is 0 Å². The predicted octanol–water partition coefficient (Wildman–Crippen LogP) is 0.156. The van der Waals surface area contributed by atoms with Crippen molar-refractivity contribution in [2.24, 2.45) is 0 Å². The highest BCUT2D eigenvalue weighted by Gasteiger charge is 2.12. The van der Waals surface area contributed by atoms with Crippen LogP contribution in [0.3, 0.4) is 0 Å². The van der Waals surface area contributed by atoms with E-state index in [4.69, 9.17) is 4.74 Å². The number of ether oxygens (including phenoxy) is 1. The third-order valence-corrected chi connectivity index (χ3v) is 1.85. The molecule has 78 valence electrons. The Morgan fingerprint density at radius 3 is 2.79 bits per heavy atom. The summed E-state index contributed by atoms with van der Waals surface area (Å²) in [6, 6.07) is 0. The average Bonchev–Trinajstić information content (AvgIpc) is 2.10. The normalized spacial score (nSPS) is 38.5. The highest BCUT2D eigenvalue weighted by molar-refractivity contribution is 5.82. The number of aliphatic hydroxyl groups excluding tert-OH is 2. The fourth-order valence-electron chi connectivity index (χ4n) is 1.19. The van der Waals surface area contributed by atoms with Crippen molar-refractivity contribution in [2.75, 3.05) is 0 Å². The van der Waals surface area contributed by atoms with Gasteiger partial charge >= 0.3 is 5.97 Å². The Hall–Kier alpha value is -1.13. The van der Waals surface area contributed by atoms with Crippen molar-refractivity contribution < 1.29 is 19.7 Å². The fourth-order valence-corrected chi connectivity index (χ4v) is 1.19. The third-order valence-electron chi connectivity index (χ3n) is 1.85. The van der Waals surface area contributed by atoms with Gasteiger partial charge in [0.2, 0.25) is 0 Å². The lowest BCUT2D eigenvalue weighted by Crippen LogP contribution is -2.20. The van der Waals surface area contributed by atoms with Crippen LogP contribution >= 0.6 is 0 Å². The molecule has 2 N–H and O–H groups in total. The van der Waals surface area contributed by atoms with E-state index in [1.165, 1.54) is 24.3 Å². The first-order valence-corrected chi connectivity index (χ1v) is 4.51. The molecule has 0 unspecified atom stereocenters. The van der Waals surface area contributed by atoms with E-state index in [1.54, 1.807) is 6.92 Å². The van der Waals surface area contributed by atoms with E-state index in [9.17, 15) is 15.0 Å². The Morgan fingerprint density at radius 1 is 1.36 bits per heavy atom. The number of esters is 1. The zero-order valence-electron chi connectivity index (χ0n) is 7.96. The van der Waals surface area contributed by atoms with Gasteiger partial charge in [-0.15, -0.1) is 0 Å². The van der Waals surface area contributed by atoms with Gasteiger partial charge in [0.1, 0.15) is 6.10 Å². The largest absolute Gasteiger partial charge is 0.459 e. The van der Waals surface area contributed by atoms with Crippen LogP contribution in [-0.2, 0) is 9.53 Å². The number of cyclic esters (lactones) is 1. The van der Waals surface area contributed by atoms with Gasteiger partial charge in [-0.1, -0.05) is 12.2 Å². The first-order valence-electron chi connectivity index (χ1n) is 4.51. The molecule has 1 aliphatic heterocycles. The molecule has 1 rings (SSSR count). The first-order chi connectivity index (χ1) is 6.58. The van der Waals surface area contributed by atoms with Crippen LogP contribution in [-0.4, -0.2) is 34.5 Å². The summed E-state index contributed by atoms with van der Waals surface area (Å²) in [5, 5.41) is 18.6. The van der Waals surface area contributed by atoms with Crippen LogP contribution in [0, 0.1) is 0 Å². The summed E-state index contributed by atoms with van der Waals surface area (Å²) in [5.74, 6) is -0.501. The van der Waals surface area contributed by atoms with E-state index in [2.05, 4.69) is 0 Å². The van der Waals surface area contributed by atoms with E-state index < -0.39 is 18.2 Å². The Morgan fingerprint density at radius 2 is 2.07 bits per heavy atom. The maximum absolute atomic E-state index is 11.0. The minimum Gasteiger partial charge on any atom is -0.459 e. The molecule has 14 heavy (non-hydrogen) atoms. The van der Waals surface area contributed by atoms with Crippen molar-refractivity contribution in [3.63, 3.8) is 0 Å². The zero-order chi connectivity index (χ0) is 10.6. The second-order valence-electron chi connectivity index (χ2n) is 3.29. The van der Waals surface area contributed by atoms with Gasteiger partial charge in [-0.2, -0.15) is 0 Å². The van der Waals surface area contributed by atoms with Crippen LogP contribution in [0.5, 0.6) is 0 Å². The summed E-state index contributed by atoms with van der Waals surface area (Å²) in [6.07, 6.45) is 3.87. The van der Waals surface area contributed by atoms with Crippen molar-refractivity contribution in [3.05, 3.63) is 24.3 Å². The molecule has 0 aromatic heterocycles. The quantitative estimate of drug-likeness (QED) is 0.429.